The molecule has 0 aliphatic heterocycles. The van der Waals surface area contributed by atoms with Crippen LogP contribution >= 0.6 is 0 Å². The highest BCUT2D eigenvalue weighted by Crippen LogP contribution is 2.18. The van der Waals surface area contributed by atoms with Crippen molar-refractivity contribution in [2.24, 2.45) is 0 Å². The highest BCUT2D eigenvalue weighted by molar-refractivity contribution is 5.77. The number of aliphatic hydroxyl groups excluding tert-OH is 1. The number of hydrogen-bond acceptors (Lipinski definition) is 3. The number of rotatable bonds is 7. The number of aliphatic hydroxyl groups is 1. The summed E-state index contributed by atoms with van der Waals surface area (Å²) in [4.78, 5) is 11.5. The summed E-state index contributed by atoms with van der Waals surface area (Å²) in [5.41, 5.74) is 0.464. The number of hydrogen-bond donors (Lipinski definition) is 2. The summed E-state index contributed by atoms with van der Waals surface area (Å²) in [6.45, 7) is 3.50. The fraction of sp³-hybridized carbons (Fsp3) is 0.500. The lowest BCUT2D eigenvalue weighted by Crippen LogP contribution is -2.36. The van der Waals surface area contributed by atoms with Gasteiger partial charge in [-0.1, -0.05) is 19.4 Å². The second-order valence-electron chi connectivity index (χ2n) is 4.47. The molecule has 0 bridgehead atoms. The number of ether oxygens (including phenoxy) is 1. The number of carbonyl (C=O) groups excluding carboxylic acids is 1. The molecular formula is C14H20FNO3. The molecule has 19 heavy (non-hydrogen) atoms. The molecule has 2 N–H and O–H groups in total. The van der Waals surface area contributed by atoms with E-state index >= 15 is 0 Å². The van der Waals surface area contributed by atoms with Crippen LogP contribution in [-0.2, 0) is 11.4 Å². The summed E-state index contributed by atoms with van der Waals surface area (Å²) in [5.74, 6) is -0.844. The fourth-order valence-electron chi connectivity index (χ4n) is 1.72. The van der Waals surface area contributed by atoms with E-state index in [9.17, 15) is 9.18 Å². The van der Waals surface area contributed by atoms with Crippen molar-refractivity contribution in [3.63, 3.8) is 0 Å². The minimum atomic E-state index is -0.582. The topological polar surface area (TPSA) is 58.6 Å². The van der Waals surface area contributed by atoms with E-state index in [-0.39, 0.29) is 30.9 Å². The van der Waals surface area contributed by atoms with Gasteiger partial charge in [-0.2, -0.15) is 0 Å². The van der Waals surface area contributed by atoms with E-state index < -0.39 is 5.82 Å². The zero-order valence-electron chi connectivity index (χ0n) is 11.3. The molecule has 1 rings (SSSR count). The number of benzene rings is 1. The molecule has 5 heteroatoms. The van der Waals surface area contributed by atoms with Crippen LogP contribution in [0.4, 0.5) is 4.39 Å². The van der Waals surface area contributed by atoms with Gasteiger partial charge >= 0.3 is 0 Å². The van der Waals surface area contributed by atoms with Crippen LogP contribution in [0, 0.1) is 5.82 Å². The van der Waals surface area contributed by atoms with E-state index in [2.05, 4.69) is 5.32 Å². The van der Waals surface area contributed by atoms with E-state index in [0.717, 1.165) is 12.8 Å². The Hall–Kier alpha value is -1.62. The van der Waals surface area contributed by atoms with Gasteiger partial charge in [0.2, 0.25) is 0 Å². The van der Waals surface area contributed by atoms with Gasteiger partial charge in [-0.3, -0.25) is 4.79 Å². The van der Waals surface area contributed by atoms with E-state index in [1.165, 1.54) is 12.1 Å². The van der Waals surface area contributed by atoms with Gasteiger partial charge in [0.25, 0.3) is 5.91 Å². The van der Waals surface area contributed by atoms with Crippen molar-refractivity contribution in [3.05, 3.63) is 29.6 Å². The van der Waals surface area contributed by atoms with Crippen LogP contribution in [0.15, 0.2) is 18.2 Å². The molecule has 0 aliphatic carbocycles. The summed E-state index contributed by atoms with van der Waals surface area (Å²) in [5, 5.41) is 11.6. The summed E-state index contributed by atoms with van der Waals surface area (Å²) in [7, 11) is 0. The average Bonchev–Trinajstić information content (AvgIpc) is 2.37. The highest BCUT2D eigenvalue weighted by Gasteiger charge is 2.09. The molecule has 0 spiro atoms. The molecule has 106 valence electrons. The normalized spacial score (nSPS) is 12.0. The molecule has 1 unspecified atom stereocenters. The molecule has 1 atom stereocenters. The second kappa shape index (κ2) is 7.74. The summed E-state index contributed by atoms with van der Waals surface area (Å²) in [6.07, 6.45) is 1.88. The highest BCUT2D eigenvalue weighted by atomic mass is 19.1. The predicted octanol–water partition coefficient (Wildman–Crippen LogP) is 2.00. The third-order valence-electron chi connectivity index (χ3n) is 2.67. The maximum absolute atomic E-state index is 13.5. The molecule has 1 aromatic rings. The Morgan fingerprint density at radius 1 is 1.53 bits per heavy atom. The van der Waals surface area contributed by atoms with Crippen molar-refractivity contribution in [2.75, 3.05) is 6.61 Å². The van der Waals surface area contributed by atoms with Gasteiger partial charge in [-0.25, -0.2) is 4.39 Å². The first-order valence-corrected chi connectivity index (χ1v) is 6.38. The molecule has 0 radical (unpaired) electrons. The lowest BCUT2D eigenvalue weighted by molar-refractivity contribution is -0.123. The Morgan fingerprint density at radius 3 is 2.84 bits per heavy atom. The van der Waals surface area contributed by atoms with Crippen molar-refractivity contribution in [1.82, 2.24) is 5.32 Å². The summed E-state index contributed by atoms with van der Waals surface area (Å²) in [6, 6.07) is 4.23. The Balaban J connectivity index is 2.46. The summed E-state index contributed by atoms with van der Waals surface area (Å²) >= 11 is 0. The number of nitrogens with one attached hydrogen (secondary N) is 1. The maximum Gasteiger partial charge on any atom is 0.258 e. The zero-order valence-corrected chi connectivity index (χ0v) is 11.3. The molecule has 4 nitrogen and oxygen atoms in total. The Kier molecular flexibility index (Phi) is 6.29. The van der Waals surface area contributed by atoms with Crippen molar-refractivity contribution in [2.45, 2.75) is 39.3 Å². The first-order valence-electron chi connectivity index (χ1n) is 6.38. The first kappa shape index (κ1) is 15.4. The van der Waals surface area contributed by atoms with Crippen molar-refractivity contribution >= 4 is 5.91 Å². The Bertz CT molecular complexity index is 423. The largest absolute Gasteiger partial charge is 0.481 e. The van der Waals surface area contributed by atoms with Crippen LogP contribution in [0.5, 0.6) is 5.75 Å². The van der Waals surface area contributed by atoms with Gasteiger partial charge in [-0.05, 0) is 31.0 Å². The SMILES string of the molecule is CCCC(C)NC(=O)COc1ccc(CO)cc1F. The van der Waals surface area contributed by atoms with Gasteiger partial charge < -0.3 is 15.2 Å². The molecule has 1 amide bonds. The van der Waals surface area contributed by atoms with Gasteiger partial charge in [-0.15, -0.1) is 0 Å². The van der Waals surface area contributed by atoms with Crippen LogP contribution < -0.4 is 10.1 Å². The minimum Gasteiger partial charge on any atom is -0.481 e. The maximum atomic E-state index is 13.5. The van der Waals surface area contributed by atoms with Gasteiger partial charge in [0, 0.05) is 6.04 Å². The zero-order chi connectivity index (χ0) is 14.3. The number of amides is 1. The second-order valence-corrected chi connectivity index (χ2v) is 4.47. The molecule has 1 aromatic carbocycles. The lowest BCUT2D eigenvalue weighted by atomic mass is 10.2. The number of carbonyl (C=O) groups is 1. The van der Waals surface area contributed by atoms with Crippen molar-refractivity contribution < 1.29 is 19.0 Å². The van der Waals surface area contributed by atoms with Crippen LogP contribution in [0.1, 0.15) is 32.3 Å². The molecule has 0 fully saturated rings. The smallest absolute Gasteiger partial charge is 0.258 e. The predicted molar refractivity (Wildman–Crippen MR) is 70.3 cm³/mol. The lowest BCUT2D eigenvalue weighted by Gasteiger charge is -2.13. The Morgan fingerprint density at radius 2 is 2.26 bits per heavy atom. The molecular weight excluding hydrogens is 249 g/mol. The first-order chi connectivity index (χ1) is 9.06. The fourth-order valence-corrected chi connectivity index (χ4v) is 1.72. The molecule has 0 aromatic heterocycles. The summed E-state index contributed by atoms with van der Waals surface area (Å²) < 4.78 is 18.6. The average molecular weight is 269 g/mol. The van der Waals surface area contributed by atoms with Crippen LogP contribution in [0.2, 0.25) is 0 Å². The van der Waals surface area contributed by atoms with Gasteiger partial charge in [0.05, 0.1) is 6.61 Å². The molecule has 0 aliphatic rings. The van der Waals surface area contributed by atoms with E-state index in [1.54, 1.807) is 6.07 Å². The quantitative estimate of drug-likeness (QED) is 0.796. The van der Waals surface area contributed by atoms with Gasteiger partial charge in [0.1, 0.15) is 0 Å². The van der Waals surface area contributed by atoms with Crippen molar-refractivity contribution in [3.8, 4) is 5.75 Å². The monoisotopic (exact) mass is 269 g/mol. The van der Waals surface area contributed by atoms with Crippen molar-refractivity contribution in [1.29, 1.82) is 0 Å². The van der Waals surface area contributed by atoms with Crippen LogP contribution in [0.3, 0.4) is 0 Å². The van der Waals surface area contributed by atoms with E-state index in [0.29, 0.717) is 5.56 Å². The van der Waals surface area contributed by atoms with E-state index in [1.807, 2.05) is 13.8 Å². The minimum absolute atomic E-state index is 0.00972. The molecule has 0 saturated heterocycles. The van der Waals surface area contributed by atoms with Crippen LogP contribution in [-0.4, -0.2) is 23.7 Å². The third kappa shape index (κ3) is 5.26. The molecule has 0 saturated carbocycles. The standard InChI is InChI=1S/C14H20FNO3/c1-3-4-10(2)16-14(18)9-19-13-6-5-11(8-17)7-12(13)15/h5-7,10,17H,3-4,8-9H2,1-2H3,(H,16,18). The Labute approximate surface area is 112 Å². The third-order valence-corrected chi connectivity index (χ3v) is 2.67. The van der Waals surface area contributed by atoms with Crippen LogP contribution in [0.25, 0.3) is 0 Å². The molecule has 0 heterocycles. The van der Waals surface area contributed by atoms with Gasteiger partial charge in [0.15, 0.2) is 18.2 Å². The number of halogens is 1. The van der Waals surface area contributed by atoms with E-state index in [4.69, 9.17) is 9.84 Å².